The number of rotatable bonds is 3. The molecule has 0 fully saturated rings. The first-order valence-corrected chi connectivity index (χ1v) is 8.32. The Labute approximate surface area is 147 Å². The number of carbonyl (C=O) groups is 1. The van der Waals surface area contributed by atoms with Gasteiger partial charge in [0, 0.05) is 23.0 Å². The van der Waals surface area contributed by atoms with Crippen molar-refractivity contribution in [2.24, 2.45) is 0 Å². The normalized spacial score (nSPS) is 16.0. The molecule has 1 N–H and O–H groups in total. The molecular formula is C21H19N3O. The summed E-state index contributed by atoms with van der Waals surface area (Å²) in [5.41, 5.74) is 5.07. The molecule has 1 aromatic heterocycles. The summed E-state index contributed by atoms with van der Waals surface area (Å²) in [6, 6.07) is 19.6. The molecule has 25 heavy (non-hydrogen) atoms. The van der Waals surface area contributed by atoms with E-state index in [1.165, 1.54) is 5.56 Å². The van der Waals surface area contributed by atoms with E-state index in [-0.39, 0.29) is 12.1 Å². The average molecular weight is 329 g/mol. The number of aromatic nitrogens is 1. The van der Waals surface area contributed by atoms with E-state index in [1.54, 1.807) is 11.1 Å². The standard InChI is InChI=1S/C21H19N3O/c1-14-10-11-18(15(2)13-14)23-20-16-7-3-4-8-17(16)21(25)24(20)19-9-5-6-12-22-19/h3-13,20,23H,1-2H3/t20-/m0/s1. The van der Waals surface area contributed by atoms with E-state index in [1.807, 2.05) is 42.5 Å². The van der Waals surface area contributed by atoms with E-state index in [2.05, 4.69) is 42.3 Å². The van der Waals surface area contributed by atoms with Crippen LogP contribution in [0.5, 0.6) is 0 Å². The molecule has 1 amide bonds. The van der Waals surface area contributed by atoms with E-state index in [4.69, 9.17) is 0 Å². The fourth-order valence-corrected chi connectivity index (χ4v) is 3.31. The van der Waals surface area contributed by atoms with Crippen LogP contribution in [-0.4, -0.2) is 10.9 Å². The van der Waals surface area contributed by atoms with Crippen molar-refractivity contribution in [3.05, 3.63) is 89.1 Å². The van der Waals surface area contributed by atoms with Crippen molar-refractivity contribution in [3.8, 4) is 0 Å². The minimum atomic E-state index is -0.278. The van der Waals surface area contributed by atoms with E-state index in [9.17, 15) is 4.79 Å². The van der Waals surface area contributed by atoms with E-state index >= 15 is 0 Å². The Morgan fingerprint density at radius 2 is 1.80 bits per heavy atom. The molecule has 2 heterocycles. The second-order valence-electron chi connectivity index (χ2n) is 6.32. The summed E-state index contributed by atoms with van der Waals surface area (Å²) >= 11 is 0. The van der Waals surface area contributed by atoms with Gasteiger partial charge in [-0.15, -0.1) is 0 Å². The van der Waals surface area contributed by atoms with Gasteiger partial charge in [-0.2, -0.15) is 0 Å². The van der Waals surface area contributed by atoms with Gasteiger partial charge in [-0.25, -0.2) is 4.98 Å². The number of carbonyl (C=O) groups excluding carboxylic acids is 1. The lowest BCUT2D eigenvalue weighted by molar-refractivity contribution is 0.0992. The second-order valence-corrected chi connectivity index (χ2v) is 6.32. The van der Waals surface area contributed by atoms with Crippen molar-refractivity contribution in [2.45, 2.75) is 20.0 Å². The average Bonchev–Trinajstić information content (AvgIpc) is 2.91. The molecule has 4 heteroatoms. The first-order valence-electron chi connectivity index (χ1n) is 8.32. The van der Waals surface area contributed by atoms with Crippen LogP contribution in [0, 0.1) is 13.8 Å². The highest BCUT2D eigenvalue weighted by Gasteiger charge is 2.38. The summed E-state index contributed by atoms with van der Waals surface area (Å²) in [4.78, 5) is 19.1. The molecule has 1 atom stereocenters. The van der Waals surface area contributed by atoms with Gasteiger partial charge < -0.3 is 5.32 Å². The Bertz CT molecular complexity index is 937. The molecule has 0 bridgehead atoms. The smallest absolute Gasteiger partial charge is 0.261 e. The Morgan fingerprint density at radius 3 is 2.56 bits per heavy atom. The van der Waals surface area contributed by atoms with E-state index < -0.39 is 0 Å². The number of nitrogens with zero attached hydrogens (tertiary/aromatic N) is 2. The summed E-state index contributed by atoms with van der Waals surface area (Å²) in [5.74, 6) is 0.613. The lowest BCUT2D eigenvalue weighted by Gasteiger charge is -2.27. The summed E-state index contributed by atoms with van der Waals surface area (Å²) in [6.45, 7) is 4.15. The Morgan fingerprint density at radius 1 is 1.00 bits per heavy atom. The number of anilines is 2. The molecule has 0 saturated carbocycles. The minimum Gasteiger partial charge on any atom is -0.361 e. The van der Waals surface area contributed by atoms with Crippen molar-refractivity contribution in [3.63, 3.8) is 0 Å². The molecule has 4 nitrogen and oxygen atoms in total. The largest absolute Gasteiger partial charge is 0.361 e. The highest BCUT2D eigenvalue weighted by atomic mass is 16.2. The van der Waals surface area contributed by atoms with Gasteiger partial charge in [-0.1, -0.05) is 42.0 Å². The topological polar surface area (TPSA) is 45.2 Å². The van der Waals surface area contributed by atoms with Crippen LogP contribution in [0.1, 0.15) is 33.2 Å². The Hall–Kier alpha value is -3.14. The number of aryl methyl sites for hydroxylation is 2. The minimum absolute atomic E-state index is 0.0310. The number of hydrogen-bond acceptors (Lipinski definition) is 3. The molecule has 0 spiro atoms. The highest BCUT2D eigenvalue weighted by molar-refractivity contribution is 6.11. The van der Waals surface area contributed by atoms with Crippen molar-refractivity contribution in [1.29, 1.82) is 0 Å². The maximum Gasteiger partial charge on any atom is 0.261 e. The van der Waals surface area contributed by atoms with Gasteiger partial charge in [0.05, 0.1) is 0 Å². The molecule has 1 aliphatic rings. The molecule has 1 aliphatic heterocycles. The lowest BCUT2D eigenvalue weighted by atomic mass is 10.1. The van der Waals surface area contributed by atoms with Gasteiger partial charge in [0.15, 0.2) is 0 Å². The second kappa shape index (κ2) is 6.06. The number of hydrogen-bond donors (Lipinski definition) is 1. The third-order valence-corrected chi connectivity index (χ3v) is 4.53. The number of nitrogens with one attached hydrogen (secondary N) is 1. The SMILES string of the molecule is Cc1ccc(N[C@@H]2c3ccccc3C(=O)N2c2ccccn2)c(C)c1. The van der Waals surface area contributed by atoms with Crippen LogP contribution >= 0.6 is 0 Å². The number of fused-ring (bicyclic) bond motifs is 1. The molecule has 2 aromatic carbocycles. The van der Waals surface area contributed by atoms with Crippen molar-refractivity contribution < 1.29 is 4.79 Å². The van der Waals surface area contributed by atoms with Gasteiger partial charge in [0.1, 0.15) is 12.0 Å². The molecule has 0 unspecified atom stereocenters. The Balaban J connectivity index is 1.80. The lowest BCUT2D eigenvalue weighted by Crippen LogP contribution is -2.33. The third kappa shape index (κ3) is 2.66. The van der Waals surface area contributed by atoms with Crippen LogP contribution < -0.4 is 10.2 Å². The first-order chi connectivity index (χ1) is 12.1. The molecule has 0 radical (unpaired) electrons. The predicted molar refractivity (Wildman–Crippen MR) is 99.8 cm³/mol. The predicted octanol–water partition coefficient (Wildman–Crippen LogP) is 4.47. The van der Waals surface area contributed by atoms with Crippen LogP contribution in [0.2, 0.25) is 0 Å². The summed E-state index contributed by atoms with van der Waals surface area (Å²) in [6.07, 6.45) is 1.43. The third-order valence-electron chi connectivity index (χ3n) is 4.53. The zero-order valence-electron chi connectivity index (χ0n) is 14.2. The maximum absolute atomic E-state index is 13.0. The van der Waals surface area contributed by atoms with Crippen LogP contribution in [-0.2, 0) is 0 Å². The van der Waals surface area contributed by atoms with Crippen LogP contribution in [0.4, 0.5) is 11.5 Å². The van der Waals surface area contributed by atoms with Crippen LogP contribution in [0.3, 0.4) is 0 Å². The van der Waals surface area contributed by atoms with Crippen molar-refractivity contribution >= 4 is 17.4 Å². The zero-order chi connectivity index (χ0) is 17.4. The van der Waals surface area contributed by atoms with E-state index in [0.717, 1.165) is 22.4 Å². The first kappa shape index (κ1) is 15.4. The summed E-state index contributed by atoms with van der Waals surface area (Å²) in [5, 5.41) is 3.54. The number of amides is 1. The zero-order valence-corrected chi connectivity index (χ0v) is 14.2. The Kier molecular flexibility index (Phi) is 3.73. The van der Waals surface area contributed by atoms with E-state index in [0.29, 0.717) is 5.82 Å². The van der Waals surface area contributed by atoms with Crippen molar-refractivity contribution in [1.82, 2.24) is 4.98 Å². The fraction of sp³-hybridized carbons (Fsp3) is 0.143. The fourth-order valence-electron chi connectivity index (χ4n) is 3.31. The van der Waals surface area contributed by atoms with Gasteiger partial charge in [0.2, 0.25) is 0 Å². The summed E-state index contributed by atoms with van der Waals surface area (Å²) in [7, 11) is 0. The van der Waals surface area contributed by atoms with Crippen LogP contribution in [0.25, 0.3) is 0 Å². The number of pyridine rings is 1. The highest BCUT2D eigenvalue weighted by Crippen LogP contribution is 2.37. The number of benzene rings is 2. The van der Waals surface area contributed by atoms with Gasteiger partial charge in [-0.05, 0) is 43.7 Å². The molecule has 124 valence electrons. The van der Waals surface area contributed by atoms with Crippen molar-refractivity contribution in [2.75, 3.05) is 10.2 Å². The molecular weight excluding hydrogens is 310 g/mol. The molecule has 4 rings (SSSR count). The molecule has 0 aliphatic carbocycles. The van der Waals surface area contributed by atoms with Crippen LogP contribution in [0.15, 0.2) is 66.9 Å². The summed E-state index contributed by atoms with van der Waals surface area (Å²) < 4.78 is 0. The molecule has 0 saturated heterocycles. The van der Waals surface area contributed by atoms with Gasteiger partial charge in [-0.3, -0.25) is 9.69 Å². The monoisotopic (exact) mass is 329 g/mol. The van der Waals surface area contributed by atoms with Gasteiger partial charge in [0.25, 0.3) is 5.91 Å². The quantitative estimate of drug-likeness (QED) is 0.771. The maximum atomic E-state index is 13.0. The molecule has 3 aromatic rings. The van der Waals surface area contributed by atoms with Gasteiger partial charge >= 0.3 is 0 Å².